The van der Waals surface area contributed by atoms with E-state index in [0.717, 1.165) is 16.9 Å². The van der Waals surface area contributed by atoms with Gasteiger partial charge in [-0.25, -0.2) is 13.1 Å². The molecule has 0 aliphatic heterocycles. The SMILES string of the molecule is COc1ccc(S(=O)(=O)NCCSCc2cccc(Cl)c2)cc1C(C)C. The Bertz CT molecular complexity index is 838. The van der Waals surface area contributed by atoms with Crippen molar-refractivity contribution in [3.05, 3.63) is 58.6 Å². The largest absolute Gasteiger partial charge is 0.496 e. The number of thioether (sulfide) groups is 1. The Kier molecular flexibility index (Phi) is 7.83. The number of rotatable bonds is 9. The first-order valence-electron chi connectivity index (χ1n) is 8.33. The molecule has 7 heteroatoms. The Morgan fingerprint density at radius 2 is 1.96 bits per heavy atom. The lowest BCUT2D eigenvalue weighted by Crippen LogP contribution is -2.26. The number of methoxy groups -OCH3 is 1. The number of halogens is 1. The van der Waals surface area contributed by atoms with Gasteiger partial charge in [0.2, 0.25) is 10.0 Å². The maximum absolute atomic E-state index is 12.5. The van der Waals surface area contributed by atoms with Gasteiger partial charge in [0.25, 0.3) is 0 Å². The van der Waals surface area contributed by atoms with Gasteiger partial charge in [0, 0.05) is 23.1 Å². The molecule has 0 saturated carbocycles. The molecule has 0 saturated heterocycles. The fourth-order valence-electron chi connectivity index (χ4n) is 2.48. The maximum Gasteiger partial charge on any atom is 0.240 e. The third kappa shape index (κ3) is 5.91. The van der Waals surface area contributed by atoms with Crippen LogP contribution in [0.15, 0.2) is 47.4 Å². The predicted octanol–water partition coefficient (Wildman–Crippen LogP) is 4.68. The van der Waals surface area contributed by atoms with Crippen molar-refractivity contribution in [2.24, 2.45) is 0 Å². The summed E-state index contributed by atoms with van der Waals surface area (Å²) in [6.45, 7) is 4.39. The zero-order chi connectivity index (χ0) is 19.2. The summed E-state index contributed by atoms with van der Waals surface area (Å²) in [7, 11) is -1.95. The zero-order valence-corrected chi connectivity index (χ0v) is 17.5. The number of hydrogen-bond acceptors (Lipinski definition) is 4. The van der Waals surface area contributed by atoms with Gasteiger partial charge in [-0.2, -0.15) is 11.8 Å². The molecule has 0 spiro atoms. The fraction of sp³-hybridized carbons (Fsp3) is 0.368. The van der Waals surface area contributed by atoms with Crippen LogP contribution in [0, 0.1) is 0 Å². The molecule has 0 aliphatic carbocycles. The second-order valence-electron chi connectivity index (χ2n) is 6.14. The second-order valence-corrected chi connectivity index (χ2v) is 9.45. The van der Waals surface area contributed by atoms with Gasteiger partial charge < -0.3 is 4.74 Å². The van der Waals surface area contributed by atoms with Gasteiger partial charge in [0.05, 0.1) is 12.0 Å². The highest BCUT2D eigenvalue weighted by molar-refractivity contribution is 7.98. The maximum atomic E-state index is 12.5. The summed E-state index contributed by atoms with van der Waals surface area (Å²) in [6.07, 6.45) is 0. The molecule has 0 unspecified atom stereocenters. The van der Waals surface area contributed by atoms with Crippen LogP contribution in [0.25, 0.3) is 0 Å². The van der Waals surface area contributed by atoms with Crippen molar-refractivity contribution >= 4 is 33.4 Å². The van der Waals surface area contributed by atoms with Gasteiger partial charge in [0.15, 0.2) is 0 Å². The molecular weight excluding hydrogens is 390 g/mol. The van der Waals surface area contributed by atoms with E-state index in [-0.39, 0.29) is 10.8 Å². The highest BCUT2D eigenvalue weighted by atomic mass is 35.5. The van der Waals surface area contributed by atoms with Crippen LogP contribution in [0.2, 0.25) is 5.02 Å². The van der Waals surface area contributed by atoms with Crippen molar-refractivity contribution in [1.82, 2.24) is 4.72 Å². The van der Waals surface area contributed by atoms with Gasteiger partial charge in [-0.05, 0) is 47.4 Å². The molecule has 2 rings (SSSR count). The monoisotopic (exact) mass is 413 g/mol. The van der Waals surface area contributed by atoms with E-state index in [1.54, 1.807) is 37.1 Å². The van der Waals surface area contributed by atoms with E-state index in [1.165, 1.54) is 0 Å². The lowest BCUT2D eigenvalue weighted by atomic mass is 10.0. The molecule has 2 aromatic carbocycles. The normalized spacial score (nSPS) is 11.7. The first kappa shape index (κ1) is 21.1. The van der Waals surface area contributed by atoms with Crippen molar-refractivity contribution < 1.29 is 13.2 Å². The molecule has 0 bridgehead atoms. The first-order valence-corrected chi connectivity index (χ1v) is 11.3. The third-order valence-electron chi connectivity index (χ3n) is 3.83. The van der Waals surface area contributed by atoms with Gasteiger partial charge in [-0.15, -0.1) is 0 Å². The smallest absolute Gasteiger partial charge is 0.240 e. The molecule has 2 aromatic rings. The van der Waals surface area contributed by atoms with Crippen molar-refractivity contribution in [2.45, 2.75) is 30.4 Å². The quantitative estimate of drug-likeness (QED) is 0.606. The van der Waals surface area contributed by atoms with Crippen LogP contribution in [-0.4, -0.2) is 27.8 Å². The van der Waals surface area contributed by atoms with Gasteiger partial charge in [-0.3, -0.25) is 0 Å². The summed E-state index contributed by atoms with van der Waals surface area (Å²) in [4.78, 5) is 0.266. The molecule has 4 nitrogen and oxygen atoms in total. The van der Waals surface area contributed by atoms with Crippen molar-refractivity contribution in [3.8, 4) is 5.75 Å². The van der Waals surface area contributed by atoms with Crippen molar-refractivity contribution in [3.63, 3.8) is 0 Å². The van der Waals surface area contributed by atoms with E-state index >= 15 is 0 Å². The summed E-state index contributed by atoms with van der Waals surface area (Å²) in [5.41, 5.74) is 2.01. The van der Waals surface area contributed by atoms with Crippen LogP contribution in [0.4, 0.5) is 0 Å². The number of ether oxygens (including phenoxy) is 1. The molecule has 0 aliphatic rings. The van der Waals surface area contributed by atoms with E-state index in [4.69, 9.17) is 16.3 Å². The molecule has 26 heavy (non-hydrogen) atoms. The molecule has 0 radical (unpaired) electrons. The van der Waals surface area contributed by atoms with Crippen LogP contribution in [0.3, 0.4) is 0 Å². The molecule has 0 atom stereocenters. The minimum atomic E-state index is -3.53. The van der Waals surface area contributed by atoms with E-state index in [0.29, 0.717) is 23.1 Å². The predicted molar refractivity (Wildman–Crippen MR) is 110 cm³/mol. The van der Waals surface area contributed by atoms with Crippen LogP contribution in [-0.2, 0) is 15.8 Å². The summed E-state index contributed by atoms with van der Waals surface area (Å²) >= 11 is 7.62. The average molecular weight is 414 g/mol. The van der Waals surface area contributed by atoms with E-state index in [2.05, 4.69) is 4.72 Å². The summed E-state index contributed by atoms with van der Waals surface area (Å²) in [5.74, 6) is 2.35. The molecule has 0 fully saturated rings. The highest BCUT2D eigenvalue weighted by Gasteiger charge is 2.17. The van der Waals surface area contributed by atoms with Crippen molar-refractivity contribution in [1.29, 1.82) is 0 Å². The molecule has 1 N–H and O–H groups in total. The standard InChI is InChI=1S/C19H24ClNO3S2/c1-14(2)18-12-17(7-8-19(18)24-3)26(22,23)21-9-10-25-13-15-5-4-6-16(20)11-15/h4-8,11-12,14,21H,9-10,13H2,1-3H3. The molecule has 0 heterocycles. The number of nitrogens with one attached hydrogen (secondary N) is 1. The fourth-order valence-corrected chi connectivity index (χ4v) is 4.69. The summed E-state index contributed by atoms with van der Waals surface area (Å²) < 4.78 is 33.0. The topological polar surface area (TPSA) is 55.4 Å². The van der Waals surface area contributed by atoms with E-state index in [9.17, 15) is 8.42 Å². The summed E-state index contributed by atoms with van der Waals surface area (Å²) in [6, 6.07) is 12.6. The molecule has 0 aromatic heterocycles. The third-order valence-corrected chi connectivity index (χ3v) is 6.55. The van der Waals surface area contributed by atoms with Crippen LogP contribution in [0.5, 0.6) is 5.75 Å². The first-order chi connectivity index (χ1) is 12.3. The molecular formula is C19H24ClNO3S2. The Morgan fingerprint density at radius 1 is 1.19 bits per heavy atom. The lowest BCUT2D eigenvalue weighted by Gasteiger charge is -2.14. The lowest BCUT2D eigenvalue weighted by molar-refractivity contribution is 0.407. The minimum Gasteiger partial charge on any atom is -0.496 e. The van der Waals surface area contributed by atoms with Crippen molar-refractivity contribution in [2.75, 3.05) is 19.4 Å². The zero-order valence-electron chi connectivity index (χ0n) is 15.2. The minimum absolute atomic E-state index is 0.174. The molecule has 142 valence electrons. The summed E-state index contributed by atoms with van der Waals surface area (Å²) in [5, 5.41) is 0.712. The van der Waals surface area contributed by atoms with Crippen LogP contribution in [0.1, 0.15) is 30.9 Å². The Balaban J connectivity index is 1.91. The Morgan fingerprint density at radius 3 is 2.62 bits per heavy atom. The van der Waals surface area contributed by atoms with E-state index in [1.807, 2.05) is 38.1 Å². The number of hydrogen-bond donors (Lipinski definition) is 1. The second kappa shape index (κ2) is 9.65. The van der Waals surface area contributed by atoms with Crippen LogP contribution < -0.4 is 9.46 Å². The Hall–Kier alpha value is -1.21. The van der Waals surface area contributed by atoms with Gasteiger partial charge >= 0.3 is 0 Å². The molecule has 0 amide bonds. The Labute approximate surface area is 165 Å². The van der Waals surface area contributed by atoms with Crippen LogP contribution >= 0.6 is 23.4 Å². The van der Waals surface area contributed by atoms with E-state index < -0.39 is 10.0 Å². The van der Waals surface area contributed by atoms with Gasteiger partial charge in [0.1, 0.15) is 5.75 Å². The highest BCUT2D eigenvalue weighted by Crippen LogP contribution is 2.28. The number of sulfonamides is 1. The number of benzene rings is 2. The average Bonchev–Trinajstić information content (AvgIpc) is 2.60. The van der Waals surface area contributed by atoms with Gasteiger partial charge in [-0.1, -0.05) is 37.6 Å².